The van der Waals surface area contributed by atoms with E-state index in [4.69, 9.17) is 11.6 Å². The number of hydrogen-bond donors (Lipinski definition) is 0. The predicted octanol–water partition coefficient (Wildman–Crippen LogP) is 3.03. The van der Waals surface area contributed by atoms with E-state index in [0.717, 1.165) is 6.07 Å². The zero-order valence-electron chi connectivity index (χ0n) is 6.61. The fraction of sp³-hybridized carbons (Fsp3) is 0.125. The number of benzene rings is 1. The molecule has 0 aromatic heterocycles. The van der Waals surface area contributed by atoms with E-state index >= 15 is 0 Å². The van der Waals surface area contributed by atoms with Crippen LogP contribution in [0.1, 0.15) is 10.4 Å². The van der Waals surface area contributed by atoms with Gasteiger partial charge in [0.25, 0.3) is 0 Å². The molecule has 0 N–H and O–H groups in total. The highest BCUT2D eigenvalue weighted by atomic mass is 79.9. The van der Waals surface area contributed by atoms with Crippen LogP contribution < -0.4 is 0 Å². The van der Waals surface area contributed by atoms with Gasteiger partial charge < -0.3 is 4.74 Å². The van der Waals surface area contributed by atoms with Crippen molar-refractivity contribution in [2.24, 2.45) is 0 Å². The molecule has 0 fully saturated rings. The summed E-state index contributed by atoms with van der Waals surface area (Å²) in [4.78, 5) is 11.0. The largest absolute Gasteiger partial charge is 0.465 e. The first-order valence-corrected chi connectivity index (χ1v) is 4.46. The van der Waals surface area contributed by atoms with E-state index in [2.05, 4.69) is 20.7 Å². The number of ether oxygens (including phenoxy) is 1. The Morgan fingerprint density at radius 3 is 2.69 bits per heavy atom. The van der Waals surface area contributed by atoms with Crippen LogP contribution in [-0.2, 0) is 4.74 Å². The van der Waals surface area contributed by atoms with E-state index in [1.54, 1.807) is 0 Å². The lowest BCUT2D eigenvalue weighted by atomic mass is 10.2. The van der Waals surface area contributed by atoms with Crippen molar-refractivity contribution in [2.45, 2.75) is 0 Å². The Morgan fingerprint density at radius 1 is 1.62 bits per heavy atom. The Labute approximate surface area is 87.8 Å². The minimum Gasteiger partial charge on any atom is -0.465 e. The van der Waals surface area contributed by atoms with Crippen molar-refractivity contribution in [1.82, 2.24) is 0 Å². The van der Waals surface area contributed by atoms with Gasteiger partial charge in [0.2, 0.25) is 0 Å². The number of carbonyl (C=O) groups excluding carboxylic acids is 1. The lowest BCUT2D eigenvalue weighted by Crippen LogP contribution is -2.01. The van der Waals surface area contributed by atoms with Gasteiger partial charge >= 0.3 is 5.97 Å². The molecule has 0 bridgehead atoms. The highest BCUT2D eigenvalue weighted by Gasteiger charge is 2.12. The van der Waals surface area contributed by atoms with E-state index < -0.39 is 11.8 Å². The molecule has 0 amide bonds. The summed E-state index contributed by atoms with van der Waals surface area (Å²) in [6.45, 7) is 0. The molecule has 0 heterocycles. The maximum Gasteiger partial charge on any atom is 0.338 e. The standard InChI is InChI=1S/C8H5BrClFO2/c1-13-8(12)4-2-5(10)7(9)6(11)3-4/h2-3H,1H3. The predicted molar refractivity (Wildman–Crippen MR) is 50.4 cm³/mol. The van der Waals surface area contributed by atoms with Gasteiger partial charge in [0.1, 0.15) is 5.82 Å². The van der Waals surface area contributed by atoms with Crippen LogP contribution in [0.15, 0.2) is 16.6 Å². The molecule has 1 aromatic rings. The number of esters is 1. The summed E-state index contributed by atoms with van der Waals surface area (Å²) in [5.41, 5.74) is 0.0909. The maximum absolute atomic E-state index is 13.0. The maximum atomic E-state index is 13.0. The Kier molecular flexibility index (Phi) is 3.27. The van der Waals surface area contributed by atoms with Crippen LogP contribution in [0.25, 0.3) is 0 Å². The Bertz CT molecular complexity index is 331. The zero-order chi connectivity index (χ0) is 10.0. The molecule has 0 saturated carbocycles. The van der Waals surface area contributed by atoms with Crippen LogP contribution in [0, 0.1) is 5.82 Å². The minimum atomic E-state index is -0.617. The molecule has 0 aliphatic rings. The van der Waals surface area contributed by atoms with E-state index in [-0.39, 0.29) is 15.1 Å². The van der Waals surface area contributed by atoms with Gasteiger partial charge in [-0.05, 0) is 28.1 Å². The zero-order valence-corrected chi connectivity index (χ0v) is 8.95. The van der Waals surface area contributed by atoms with E-state index in [1.165, 1.54) is 13.2 Å². The smallest absolute Gasteiger partial charge is 0.338 e. The van der Waals surface area contributed by atoms with E-state index in [1.807, 2.05) is 0 Å². The second-order valence-electron chi connectivity index (χ2n) is 2.25. The third-order valence-electron chi connectivity index (χ3n) is 1.40. The Morgan fingerprint density at radius 2 is 2.23 bits per heavy atom. The van der Waals surface area contributed by atoms with Crippen LogP contribution in [0.2, 0.25) is 5.02 Å². The van der Waals surface area contributed by atoms with Crippen molar-refractivity contribution in [3.8, 4) is 0 Å². The molecule has 0 aliphatic carbocycles. The monoisotopic (exact) mass is 266 g/mol. The second kappa shape index (κ2) is 4.07. The normalized spacial score (nSPS) is 9.85. The lowest BCUT2D eigenvalue weighted by molar-refractivity contribution is 0.0600. The summed E-state index contributed by atoms with van der Waals surface area (Å²) in [6.07, 6.45) is 0. The molecule has 1 aromatic carbocycles. The molecule has 2 nitrogen and oxygen atoms in total. The average Bonchev–Trinajstić information content (AvgIpc) is 2.12. The molecule has 0 radical (unpaired) electrons. The fourth-order valence-corrected chi connectivity index (χ4v) is 1.23. The van der Waals surface area contributed by atoms with Crippen LogP contribution in [0.5, 0.6) is 0 Å². The summed E-state index contributed by atoms with van der Waals surface area (Å²) in [5.74, 6) is -1.21. The quantitative estimate of drug-likeness (QED) is 0.577. The molecule has 0 unspecified atom stereocenters. The summed E-state index contributed by atoms with van der Waals surface area (Å²) in [6, 6.07) is 2.39. The first kappa shape index (κ1) is 10.5. The number of hydrogen-bond acceptors (Lipinski definition) is 2. The lowest BCUT2D eigenvalue weighted by Gasteiger charge is -2.02. The molecule has 70 valence electrons. The van der Waals surface area contributed by atoms with Gasteiger partial charge in [0.05, 0.1) is 22.2 Å². The van der Waals surface area contributed by atoms with Gasteiger partial charge in [0.15, 0.2) is 0 Å². The fourth-order valence-electron chi connectivity index (χ4n) is 0.791. The number of carbonyl (C=O) groups is 1. The van der Waals surface area contributed by atoms with Crippen molar-refractivity contribution in [1.29, 1.82) is 0 Å². The molecule has 0 atom stereocenters. The van der Waals surface area contributed by atoms with Gasteiger partial charge in [-0.15, -0.1) is 0 Å². The van der Waals surface area contributed by atoms with Crippen molar-refractivity contribution < 1.29 is 13.9 Å². The number of halogens is 3. The Balaban J connectivity index is 3.20. The van der Waals surface area contributed by atoms with Gasteiger partial charge in [0, 0.05) is 0 Å². The average molecular weight is 267 g/mol. The Hall–Kier alpha value is -0.610. The molecule has 0 aliphatic heterocycles. The van der Waals surface area contributed by atoms with Gasteiger partial charge in [-0.1, -0.05) is 11.6 Å². The SMILES string of the molecule is COC(=O)c1cc(F)c(Br)c(Cl)c1. The van der Waals surface area contributed by atoms with Crippen LogP contribution in [0.3, 0.4) is 0 Å². The van der Waals surface area contributed by atoms with Crippen LogP contribution in [-0.4, -0.2) is 13.1 Å². The molecule has 13 heavy (non-hydrogen) atoms. The highest BCUT2D eigenvalue weighted by Crippen LogP contribution is 2.26. The molecule has 0 spiro atoms. The minimum absolute atomic E-state index is 0.0909. The second-order valence-corrected chi connectivity index (χ2v) is 3.45. The summed E-state index contributed by atoms with van der Waals surface area (Å²) >= 11 is 8.55. The topological polar surface area (TPSA) is 26.3 Å². The third kappa shape index (κ3) is 2.19. The van der Waals surface area contributed by atoms with Gasteiger partial charge in [-0.2, -0.15) is 0 Å². The number of rotatable bonds is 1. The van der Waals surface area contributed by atoms with Crippen molar-refractivity contribution >= 4 is 33.5 Å². The van der Waals surface area contributed by atoms with Gasteiger partial charge in [-0.25, -0.2) is 9.18 Å². The first-order valence-electron chi connectivity index (χ1n) is 3.29. The van der Waals surface area contributed by atoms with Crippen molar-refractivity contribution in [2.75, 3.05) is 7.11 Å². The third-order valence-corrected chi connectivity index (χ3v) is 2.74. The molecular formula is C8H5BrClFO2. The first-order chi connectivity index (χ1) is 6.06. The highest BCUT2D eigenvalue weighted by molar-refractivity contribution is 9.10. The number of methoxy groups -OCH3 is 1. The van der Waals surface area contributed by atoms with Crippen LogP contribution in [0.4, 0.5) is 4.39 Å². The summed E-state index contributed by atoms with van der Waals surface area (Å²) in [5, 5.41) is 0.139. The van der Waals surface area contributed by atoms with Crippen LogP contribution >= 0.6 is 27.5 Å². The van der Waals surface area contributed by atoms with E-state index in [9.17, 15) is 9.18 Å². The molecule has 1 rings (SSSR count). The van der Waals surface area contributed by atoms with E-state index in [0.29, 0.717) is 0 Å². The summed E-state index contributed by atoms with van der Waals surface area (Å²) in [7, 11) is 1.22. The molecule has 0 saturated heterocycles. The molecule has 5 heteroatoms. The van der Waals surface area contributed by atoms with Crippen molar-refractivity contribution in [3.05, 3.63) is 33.0 Å². The summed E-state index contributed by atoms with van der Waals surface area (Å²) < 4.78 is 17.5. The van der Waals surface area contributed by atoms with Gasteiger partial charge in [-0.3, -0.25) is 0 Å². The van der Waals surface area contributed by atoms with Crippen molar-refractivity contribution in [3.63, 3.8) is 0 Å². The molecular weight excluding hydrogens is 262 g/mol.